The molecule has 1 amide bonds. The third-order valence-electron chi connectivity index (χ3n) is 3.19. The maximum absolute atomic E-state index is 12.5. The highest BCUT2D eigenvalue weighted by Gasteiger charge is 2.32. The van der Waals surface area contributed by atoms with Gasteiger partial charge in [0, 0.05) is 4.47 Å². The molecule has 1 saturated heterocycles. The number of nitrogens with zero attached hydrogens (tertiary/aromatic N) is 1. The summed E-state index contributed by atoms with van der Waals surface area (Å²) in [5.41, 5.74) is 1.86. The number of anilines is 1. The van der Waals surface area contributed by atoms with Gasteiger partial charge in [0.05, 0.1) is 10.6 Å². The molecule has 5 heteroatoms. The van der Waals surface area contributed by atoms with Gasteiger partial charge in [-0.2, -0.15) is 0 Å². The first-order valence-electron chi connectivity index (χ1n) is 6.90. The van der Waals surface area contributed by atoms with Crippen molar-refractivity contribution in [3.05, 3.63) is 81.7 Å². The van der Waals surface area contributed by atoms with E-state index in [-0.39, 0.29) is 5.91 Å². The maximum atomic E-state index is 12.5. The fourth-order valence-corrected chi connectivity index (χ4v) is 3.81. The van der Waals surface area contributed by atoms with Crippen molar-refractivity contribution in [1.82, 2.24) is 0 Å². The number of hydrogen-bond acceptors (Lipinski definition) is 3. The number of thiocarbonyl (C=S) groups is 1. The smallest absolute Gasteiger partial charge is 0.268 e. The Morgan fingerprint density at radius 3 is 2.61 bits per heavy atom. The van der Waals surface area contributed by atoms with Gasteiger partial charge >= 0.3 is 0 Å². The predicted molar refractivity (Wildman–Crippen MR) is 105 cm³/mol. The first-order chi connectivity index (χ1) is 11.1. The molecule has 0 atom stereocenters. The largest absolute Gasteiger partial charge is 0.270 e. The van der Waals surface area contributed by atoms with Crippen molar-refractivity contribution < 1.29 is 4.79 Å². The van der Waals surface area contributed by atoms with Crippen LogP contribution in [0, 0.1) is 0 Å². The van der Waals surface area contributed by atoms with Gasteiger partial charge in [-0.15, -0.1) is 0 Å². The molecule has 0 spiro atoms. The third-order valence-corrected chi connectivity index (χ3v) is 5.01. The Morgan fingerprint density at radius 1 is 1.09 bits per heavy atom. The molecule has 23 heavy (non-hydrogen) atoms. The number of hydrogen-bond donors (Lipinski definition) is 0. The molecule has 0 saturated carbocycles. The Labute approximate surface area is 153 Å². The summed E-state index contributed by atoms with van der Waals surface area (Å²) in [6, 6.07) is 17.4. The van der Waals surface area contributed by atoms with Gasteiger partial charge in [-0.25, -0.2) is 0 Å². The van der Waals surface area contributed by atoms with Crippen molar-refractivity contribution in [2.45, 2.75) is 0 Å². The molecular formula is C18H12BrNOS2. The summed E-state index contributed by atoms with van der Waals surface area (Å²) in [6.45, 7) is 0. The van der Waals surface area contributed by atoms with E-state index in [0.717, 1.165) is 15.7 Å². The van der Waals surface area contributed by atoms with Gasteiger partial charge in [-0.05, 0) is 35.9 Å². The Hall–Kier alpha value is -1.69. The minimum absolute atomic E-state index is 0.0786. The first-order valence-corrected chi connectivity index (χ1v) is 8.92. The molecule has 0 radical (unpaired) electrons. The highest BCUT2D eigenvalue weighted by Crippen LogP contribution is 2.34. The van der Waals surface area contributed by atoms with E-state index in [1.807, 2.05) is 72.8 Å². The lowest BCUT2D eigenvalue weighted by Crippen LogP contribution is -2.27. The Morgan fingerprint density at radius 2 is 1.87 bits per heavy atom. The molecule has 2 aromatic carbocycles. The summed E-state index contributed by atoms with van der Waals surface area (Å²) in [5, 5.41) is 0. The summed E-state index contributed by atoms with van der Waals surface area (Å²) in [5.74, 6) is -0.0786. The Balaban J connectivity index is 1.79. The summed E-state index contributed by atoms with van der Waals surface area (Å²) >= 11 is 10.1. The van der Waals surface area contributed by atoms with Crippen LogP contribution in [0.15, 0.2) is 76.1 Å². The molecular weight excluding hydrogens is 390 g/mol. The molecule has 0 aromatic heterocycles. The van der Waals surface area contributed by atoms with Gasteiger partial charge in [0.15, 0.2) is 4.32 Å². The number of rotatable bonds is 3. The molecule has 2 nitrogen and oxygen atoms in total. The number of halogens is 1. The van der Waals surface area contributed by atoms with E-state index < -0.39 is 0 Å². The van der Waals surface area contributed by atoms with Crippen molar-refractivity contribution in [3.63, 3.8) is 0 Å². The average molecular weight is 402 g/mol. The van der Waals surface area contributed by atoms with Crippen LogP contribution >= 0.6 is 39.9 Å². The van der Waals surface area contributed by atoms with Crippen molar-refractivity contribution in [2.24, 2.45) is 0 Å². The van der Waals surface area contributed by atoms with Crippen LogP contribution in [-0.4, -0.2) is 10.2 Å². The van der Waals surface area contributed by atoms with Gasteiger partial charge in [-0.1, -0.05) is 82.4 Å². The van der Waals surface area contributed by atoms with Crippen LogP contribution in [0.2, 0.25) is 0 Å². The summed E-state index contributed by atoms with van der Waals surface area (Å²) in [7, 11) is 0. The van der Waals surface area contributed by atoms with Gasteiger partial charge in [0.25, 0.3) is 5.91 Å². The fraction of sp³-hybridized carbons (Fsp3) is 0. The van der Waals surface area contributed by atoms with E-state index in [1.54, 1.807) is 4.90 Å². The molecule has 0 bridgehead atoms. The zero-order valence-electron chi connectivity index (χ0n) is 12.0. The maximum Gasteiger partial charge on any atom is 0.270 e. The van der Waals surface area contributed by atoms with E-state index in [1.165, 1.54) is 11.8 Å². The minimum Gasteiger partial charge on any atom is -0.268 e. The molecule has 3 rings (SSSR count). The average Bonchev–Trinajstić information content (AvgIpc) is 2.82. The molecule has 0 unspecified atom stereocenters. The van der Waals surface area contributed by atoms with Crippen LogP contribution in [-0.2, 0) is 4.79 Å². The van der Waals surface area contributed by atoms with Crippen LogP contribution in [0.25, 0.3) is 6.08 Å². The molecule has 114 valence electrons. The Kier molecular flexibility index (Phi) is 5.10. The summed E-state index contributed by atoms with van der Waals surface area (Å²) in [4.78, 5) is 14.7. The zero-order valence-corrected chi connectivity index (χ0v) is 15.2. The lowest BCUT2D eigenvalue weighted by molar-refractivity contribution is -0.113. The summed E-state index contributed by atoms with van der Waals surface area (Å²) < 4.78 is 1.58. The molecule has 1 aliphatic rings. The van der Waals surface area contributed by atoms with Crippen molar-refractivity contribution in [2.75, 3.05) is 4.90 Å². The van der Waals surface area contributed by atoms with Crippen molar-refractivity contribution >= 4 is 61.9 Å². The van der Waals surface area contributed by atoms with Gasteiger partial charge < -0.3 is 0 Å². The highest BCUT2D eigenvalue weighted by molar-refractivity contribution is 9.10. The second kappa shape index (κ2) is 7.25. The number of thioether (sulfide) groups is 1. The normalized spacial score (nSPS) is 16.7. The van der Waals surface area contributed by atoms with Gasteiger partial charge in [-0.3, -0.25) is 9.69 Å². The molecule has 0 N–H and O–H groups in total. The molecule has 1 heterocycles. The zero-order chi connectivity index (χ0) is 16.2. The topological polar surface area (TPSA) is 20.3 Å². The second-order valence-corrected chi connectivity index (χ2v) is 7.38. The molecule has 0 aliphatic carbocycles. The van der Waals surface area contributed by atoms with Crippen LogP contribution < -0.4 is 4.90 Å². The van der Waals surface area contributed by atoms with E-state index >= 15 is 0 Å². The summed E-state index contributed by atoms with van der Waals surface area (Å²) in [6.07, 6.45) is 5.64. The van der Waals surface area contributed by atoms with Crippen LogP contribution in [0.5, 0.6) is 0 Å². The SMILES string of the molecule is O=C1/C(=C\C=C\c2cccc(Br)c2)SC(=S)N1c1ccccc1. The molecule has 1 fully saturated rings. The monoisotopic (exact) mass is 401 g/mol. The fourth-order valence-electron chi connectivity index (χ4n) is 2.14. The second-order valence-electron chi connectivity index (χ2n) is 4.79. The highest BCUT2D eigenvalue weighted by atomic mass is 79.9. The van der Waals surface area contributed by atoms with Gasteiger partial charge in [0.2, 0.25) is 0 Å². The number of benzene rings is 2. The number of carbonyl (C=O) groups excluding carboxylic acids is 1. The first kappa shape index (κ1) is 16.2. The van der Waals surface area contributed by atoms with Gasteiger partial charge in [0.1, 0.15) is 0 Å². The Bertz CT molecular complexity index is 815. The predicted octanol–water partition coefficient (Wildman–Crippen LogP) is 5.41. The lowest BCUT2D eigenvalue weighted by atomic mass is 10.2. The molecule has 1 aliphatic heterocycles. The number of amides is 1. The number of carbonyl (C=O) groups is 1. The molecule has 2 aromatic rings. The number of allylic oxidation sites excluding steroid dienone is 2. The van der Waals surface area contributed by atoms with Crippen molar-refractivity contribution in [1.29, 1.82) is 0 Å². The minimum atomic E-state index is -0.0786. The van der Waals surface area contributed by atoms with Crippen LogP contribution in [0.4, 0.5) is 5.69 Å². The van der Waals surface area contributed by atoms with E-state index in [2.05, 4.69) is 15.9 Å². The van der Waals surface area contributed by atoms with E-state index in [0.29, 0.717) is 9.23 Å². The van der Waals surface area contributed by atoms with E-state index in [4.69, 9.17) is 12.2 Å². The van der Waals surface area contributed by atoms with Crippen molar-refractivity contribution in [3.8, 4) is 0 Å². The van der Waals surface area contributed by atoms with Crippen LogP contribution in [0.3, 0.4) is 0 Å². The number of para-hydroxylation sites is 1. The van der Waals surface area contributed by atoms with E-state index in [9.17, 15) is 4.79 Å². The lowest BCUT2D eigenvalue weighted by Gasteiger charge is -2.13. The third kappa shape index (κ3) is 3.80. The quantitative estimate of drug-likeness (QED) is 0.506. The standard InChI is InChI=1S/C18H12BrNOS2/c19-14-8-4-6-13(12-14)7-5-11-16-17(21)20(18(22)23-16)15-9-2-1-3-10-15/h1-12H/b7-5+,16-11+. The van der Waals surface area contributed by atoms with Crippen LogP contribution in [0.1, 0.15) is 5.56 Å².